The molecule has 0 saturated carbocycles. The number of carbonyl (C=O) groups is 2. The SMILES string of the molecule is COCCN(CC1CCN(Cc2ccccc2OC)CC1)C(=O)[C@@H]1CNC(=O)C1. The van der Waals surface area contributed by atoms with Crippen molar-refractivity contribution in [1.82, 2.24) is 15.1 Å². The molecule has 0 bridgehead atoms. The summed E-state index contributed by atoms with van der Waals surface area (Å²) in [4.78, 5) is 28.8. The Hall–Kier alpha value is -2.12. The second-order valence-corrected chi connectivity index (χ2v) is 8.01. The Balaban J connectivity index is 1.51. The third kappa shape index (κ3) is 5.93. The van der Waals surface area contributed by atoms with Crippen molar-refractivity contribution in [2.75, 3.05) is 53.6 Å². The highest BCUT2D eigenvalue weighted by Gasteiger charge is 2.32. The largest absolute Gasteiger partial charge is 0.496 e. The number of methoxy groups -OCH3 is 2. The topological polar surface area (TPSA) is 71.1 Å². The molecule has 2 aliphatic rings. The number of benzene rings is 1. The molecule has 0 radical (unpaired) electrons. The minimum atomic E-state index is -0.231. The lowest BCUT2D eigenvalue weighted by Crippen LogP contribution is -2.44. The lowest BCUT2D eigenvalue weighted by atomic mass is 9.95. The van der Waals surface area contributed by atoms with Gasteiger partial charge in [0.25, 0.3) is 0 Å². The van der Waals surface area contributed by atoms with Crippen LogP contribution in [0.1, 0.15) is 24.8 Å². The van der Waals surface area contributed by atoms with Crippen LogP contribution in [0.2, 0.25) is 0 Å². The van der Waals surface area contributed by atoms with Gasteiger partial charge >= 0.3 is 0 Å². The van der Waals surface area contributed by atoms with Gasteiger partial charge in [-0.25, -0.2) is 0 Å². The monoisotopic (exact) mass is 403 g/mol. The first kappa shape index (κ1) is 21.6. The van der Waals surface area contributed by atoms with Gasteiger partial charge in [0.15, 0.2) is 0 Å². The van der Waals surface area contributed by atoms with E-state index in [-0.39, 0.29) is 17.7 Å². The Morgan fingerprint density at radius 1 is 1.24 bits per heavy atom. The fourth-order valence-electron chi connectivity index (χ4n) is 4.24. The molecule has 2 heterocycles. The third-order valence-corrected chi connectivity index (χ3v) is 5.98. The summed E-state index contributed by atoms with van der Waals surface area (Å²) in [5.41, 5.74) is 1.21. The molecule has 2 aliphatic heterocycles. The first-order chi connectivity index (χ1) is 14.1. The van der Waals surface area contributed by atoms with Gasteiger partial charge in [-0.3, -0.25) is 14.5 Å². The molecule has 1 aromatic carbocycles. The Bertz CT molecular complexity index is 688. The first-order valence-electron chi connectivity index (χ1n) is 10.5. The van der Waals surface area contributed by atoms with Crippen molar-refractivity contribution in [3.8, 4) is 5.75 Å². The molecule has 0 aromatic heterocycles. The van der Waals surface area contributed by atoms with Crippen LogP contribution < -0.4 is 10.1 Å². The number of carbonyl (C=O) groups excluding carboxylic acids is 2. The van der Waals surface area contributed by atoms with E-state index in [9.17, 15) is 9.59 Å². The van der Waals surface area contributed by atoms with Crippen LogP contribution in [0.4, 0.5) is 0 Å². The number of hydrogen-bond donors (Lipinski definition) is 1. The molecule has 0 aliphatic carbocycles. The van der Waals surface area contributed by atoms with Gasteiger partial charge in [-0.15, -0.1) is 0 Å². The van der Waals surface area contributed by atoms with E-state index in [0.29, 0.717) is 32.0 Å². The van der Waals surface area contributed by atoms with Gasteiger partial charge in [-0.2, -0.15) is 0 Å². The first-order valence-corrected chi connectivity index (χ1v) is 10.5. The highest BCUT2D eigenvalue weighted by Crippen LogP contribution is 2.24. The van der Waals surface area contributed by atoms with Gasteiger partial charge in [0.05, 0.1) is 19.6 Å². The van der Waals surface area contributed by atoms with E-state index in [1.54, 1.807) is 14.2 Å². The minimum Gasteiger partial charge on any atom is -0.496 e. The predicted octanol–water partition coefficient (Wildman–Crippen LogP) is 1.52. The highest BCUT2D eigenvalue weighted by molar-refractivity contribution is 5.89. The summed E-state index contributed by atoms with van der Waals surface area (Å²) in [6, 6.07) is 8.16. The van der Waals surface area contributed by atoms with Crippen LogP contribution >= 0.6 is 0 Å². The Labute approximate surface area is 173 Å². The fourth-order valence-corrected chi connectivity index (χ4v) is 4.24. The maximum atomic E-state index is 12.9. The normalized spacial score (nSPS) is 20.5. The molecule has 160 valence electrons. The molecule has 7 heteroatoms. The molecule has 3 rings (SSSR count). The number of rotatable bonds is 9. The van der Waals surface area contributed by atoms with Crippen molar-refractivity contribution in [1.29, 1.82) is 0 Å². The standard InChI is InChI=1S/C22H33N3O4/c1-28-12-11-25(22(27)19-13-21(26)23-14-19)15-17-7-9-24(10-8-17)16-18-5-3-4-6-20(18)29-2/h3-6,17,19H,7-16H2,1-2H3,(H,23,26)/t19-/m0/s1. The molecule has 1 aromatic rings. The summed E-state index contributed by atoms with van der Waals surface area (Å²) in [6.45, 7) is 5.22. The molecular formula is C22H33N3O4. The Morgan fingerprint density at radius 2 is 2.00 bits per heavy atom. The summed E-state index contributed by atoms with van der Waals surface area (Å²) in [7, 11) is 3.36. The van der Waals surface area contributed by atoms with Crippen LogP contribution in [-0.2, 0) is 20.9 Å². The number of likely N-dealkylation sites (tertiary alicyclic amines) is 1. The molecular weight excluding hydrogens is 370 g/mol. The van der Waals surface area contributed by atoms with E-state index in [1.165, 1.54) is 5.56 Å². The molecule has 0 spiro atoms. The molecule has 7 nitrogen and oxygen atoms in total. The van der Waals surface area contributed by atoms with Crippen molar-refractivity contribution in [3.63, 3.8) is 0 Å². The van der Waals surface area contributed by atoms with Crippen molar-refractivity contribution in [3.05, 3.63) is 29.8 Å². The van der Waals surface area contributed by atoms with Gasteiger partial charge < -0.3 is 19.7 Å². The minimum absolute atomic E-state index is 0.0281. The van der Waals surface area contributed by atoms with Crippen LogP contribution in [0.25, 0.3) is 0 Å². The quantitative estimate of drug-likeness (QED) is 0.677. The molecule has 1 atom stereocenters. The van der Waals surface area contributed by atoms with Crippen molar-refractivity contribution in [2.45, 2.75) is 25.8 Å². The molecule has 1 N–H and O–H groups in total. The predicted molar refractivity (Wildman–Crippen MR) is 111 cm³/mol. The zero-order valence-corrected chi connectivity index (χ0v) is 17.6. The number of nitrogens with one attached hydrogen (secondary N) is 1. The zero-order valence-electron chi connectivity index (χ0n) is 17.6. The molecule has 29 heavy (non-hydrogen) atoms. The highest BCUT2D eigenvalue weighted by atomic mass is 16.5. The van der Waals surface area contributed by atoms with Crippen molar-refractivity contribution < 1.29 is 19.1 Å². The second-order valence-electron chi connectivity index (χ2n) is 8.01. The van der Waals surface area contributed by atoms with Crippen LogP contribution in [0.3, 0.4) is 0 Å². The van der Waals surface area contributed by atoms with E-state index in [2.05, 4.69) is 16.3 Å². The number of ether oxygens (including phenoxy) is 2. The van der Waals surface area contributed by atoms with Crippen LogP contribution in [0.5, 0.6) is 5.75 Å². The van der Waals surface area contributed by atoms with Crippen LogP contribution in [0, 0.1) is 11.8 Å². The van der Waals surface area contributed by atoms with E-state index in [0.717, 1.165) is 44.8 Å². The van der Waals surface area contributed by atoms with E-state index >= 15 is 0 Å². The van der Waals surface area contributed by atoms with E-state index in [4.69, 9.17) is 9.47 Å². The van der Waals surface area contributed by atoms with Gasteiger partial charge in [-0.1, -0.05) is 18.2 Å². The number of hydrogen-bond acceptors (Lipinski definition) is 5. The van der Waals surface area contributed by atoms with E-state index in [1.807, 2.05) is 23.1 Å². The number of amides is 2. The number of piperidine rings is 1. The summed E-state index contributed by atoms with van der Waals surface area (Å²) < 4.78 is 10.7. The van der Waals surface area contributed by atoms with Gasteiger partial charge in [0.2, 0.25) is 11.8 Å². The summed E-state index contributed by atoms with van der Waals surface area (Å²) in [5.74, 6) is 1.24. The van der Waals surface area contributed by atoms with E-state index < -0.39 is 0 Å². The fraction of sp³-hybridized carbons (Fsp3) is 0.636. The van der Waals surface area contributed by atoms with Gasteiger partial charge in [0.1, 0.15) is 5.75 Å². The van der Waals surface area contributed by atoms with Gasteiger partial charge in [-0.05, 0) is 37.9 Å². The maximum absolute atomic E-state index is 12.9. The van der Waals surface area contributed by atoms with Crippen LogP contribution in [0.15, 0.2) is 24.3 Å². The number of para-hydroxylation sites is 1. The van der Waals surface area contributed by atoms with Gasteiger partial charge in [0, 0.05) is 45.3 Å². The maximum Gasteiger partial charge on any atom is 0.228 e. The van der Waals surface area contributed by atoms with Crippen LogP contribution in [-0.4, -0.2) is 75.2 Å². The van der Waals surface area contributed by atoms with Crippen molar-refractivity contribution in [2.24, 2.45) is 11.8 Å². The number of nitrogens with zero attached hydrogens (tertiary/aromatic N) is 2. The summed E-state index contributed by atoms with van der Waals surface area (Å²) in [5, 5.41) is 2.77. The lowest BCUT2D eigenvalue weighted by Gasteiger charge is -2.35. The van der Waals surface area contributed by atoms with Crippen molar-refractivity contribution >= 4 is 11.8 Å². The third-order valence-electron chi connectivity index (χ3n) is 5.98. The lowest BCUT2D eigenvalue weighted by molar-refractivity contribution is -0.137. The summed E-state index contributed by atoms with van der Waals surface area (Å²) in [6.07, 6.45) is 2.43. The smallest absolute Gasteiger partial charge is 0.228 e. The molecule has 2 amide bonds. The zero-order chi connectivity index (χ0) is 20.6. The molecule has 0 unspecified atom stereocenters. The Kier molecular flexibility index (Phi) is 7.89. The molecule has 2 fully saturated rings. The molecule has 2 saturated heterocycles. The second kappa shape index (κ2) is 10.6. The summed E-state index contributed by atoms with van der Waals surface area (Å²) >= 11 is 0. The average molecular weight is 404 g/mol. The Morgan fingerprint density at radius 3 is 2.66 bits per heavy atom. The average Bonchev–Trinajstić information content (AvgIpc) is 3.18.